The predicted molar refractivity (Wildman–Crippen MR) is 56.4 cm³/mol. The van der Waals surface area contributed by atoms with E-state index in [-0.39, 0.29) is 6.42 Å². The van der Waals surface area contributed by atoms with E-state index >= 15 is 0 Å². The summed E-state index contributed by atoms with van der Waals surface area (Å²) in [5.41, 5.74) is -0.486. The van der Waals surface area contributed by atoms with Crippen LogP contribution in [0.2, 0.25) is 0 Å². The molecule has 0 fully saturated rings. The van der Waals surface area contributed by atoms with Gasteiger partial charge in [0, 0.05) is 0 Å². The van der Waals surface area contributed by atoms with Crippen LogP contribution in [0, 0.1) is 23.2 Å². The lowest BCUT2D eigenvalue weighted by molar-refractivity contribution is 0.515. The summed E-state index contributed by atoms with van der Waals surface area (Å²) in [5, 5.41) is 7.32. The number of hydrogen-bond acceptors (Lipinski definition) is 4. The van der Waals surface area contributed by atoms with Gasteiger partial charge in [-0.3, -0.25) is 4.72 Å². The fourth-order valence-electron chi connectivity index (χ4n) is 1.09. The van der Waals surface area contributed by atoms with Gasteiger partial charge in [0.2, 0.25) is 21.9 Å². The second kappa shape index (κ2) is 5.05. The number of aromatic nitrogens is 1. The van der Waals surface area contributed by atoms with E-state index in [1.807, 2.05) is 4.72 Å². The SMILES string of the molecule is CCC(C#N)S(=O)(=O)Nc1ccc(F)nc1F. The first kappa shape index (κ1) is 13.3. The molecule has 92 valence electrons. The van der Waals surface area contributed by atoms with Gasteiger partial charge in [-0.25, -0.2) is 8.42 Å². The zero-order valence-corrected chi connectivity index (χ0v) is 9.63. The first-order chi connectivity index (χ1) is 7.90. The first-order valence-electron chi connectivity index (χ1n) is 4.64. The van der Waals surface area contributed by atoms with E-state index in [1.54, 1.807) is 6.07 Å². The quantitative estimate of drug-likeness (QED) is 0.830. The maximum Gasteiger partial charge on any atom is 0.249 e. The summed E-state index contributed by atoms with van der Waals surface area (Å²) in [6.45, 7) is 1.51. The Balaban J connectivity index is 3.03. The van der Waals surface area contributed by atoms with Crippen molar-refractivity contribution in [1.82, 2.24) is 4.98 Å². The fraction of sp³-hybridized carbons (Fsp3) is 0.333. The number of halogens is 2. The second-order valence-corrected chi connectivity index (χ2v) is 5.01. The summed E-state index contributed by atoms with van der Waals surface area (Å²) in [6.07, 6.45) is 0.0576. The van der Waals surface area contributed by atoms with Crippen molar-refractivity contribution in [3.8, 4) is 6.07 Å². The highest BCUT2D eigenvalue weighted by molar-refractivity contribution is 7.93. The Bertz CT molecular complexity index is 554. The zero-order chi connectivity index (χ0) is 13.1. The molecule has 1 aromatic heterocycles. The van der Waals surface area contributed by atoms with Crippen LogP contribution in [0.5, 0.6) is 0 Å². The summed E-state index contributed by atoms with van der Waals surface area (Å²) in [7, 11) is -4.02. The number of anilines is 1. The van der Waals surface area contributed by atoms with Crippen molar-refractivity contribution in [3.05, 3.63) is 24.0 Å². The molecule has 0 aromatic carbocycles. The average Bonchev–Trinajstić information content (AvgIpc) is 2.23. The van der Waals surface area contributed by atoms with Gasteiger partial charge in [0.1, 0.15) is 5.69 Å². The number of nitriles is 1. The van der Waals surface area contributed by atoms with E-state index in [0.717, 1.165) is 12.1 Å². The Morgan fingerprint density at radius 1 is 1.53 bits per heavy atom. The molecule has 1 atom stereocenters. The van der Waals surface area contributed by atoms with Crippen molar-refractivity contribution >= 4 is 15.7 Å². The molecule has 0 aliphatic rings. The molecule has 0 amide bonds. The minimum atomic E-state index is -4.02. The number of sulfonamides is 1. The molecule has 8 heteroatoms. The van der Waals surface area contributed by atoms with Crippen molar-refractivity contribution < 1.29 is 17.2 Å². The van der Waals surface area contributed by atoms with E-state index in [0.29, 0.717) is 0 Å². The largest absolute Gasteiger partial charge is 0.278 e. The lowest BCUT2D eigenvalue weighted by Crippen LogP contribution is -2.26. The van der Waals surface area contributed by atoms with E-state index in [4.69, 9.17) is 5.26 Å². The van der Waals surface area contributed by atoms with Crippen LogP contribution in [0.3, 0.4) is 0 Å². The van der Waals surface area contributed by atoms with E-state index < -0.39 is 32.9 Å². The molecule has 0 aliphatic carbocycles. The monoisotopic (exact) mass is 261 g/mol. The molecule has 0 saturated heterocycles. The molecule has 1 heterocycles. The van der Waals surface area contributed by atoms with Crippen LogP contribution in [0.25, 0.3) is 0 Å². The van der Waals surface area contributed by atoms with Crippen molar-refractivity contribution in [2.45, 2.75) is 18.6 Å². The molecule has 1 aromatic rings. The standard InChI is InChI=1S/C9H9F2N3O2S/c1-2-6(5-12)17(15,16)14-7-3-4-8(10)13-9(7)11/h3-4,6,14H,2H2,1H3. The molecule has 0 aliphatic heterocycles. The van der Waals surface area contributed by atoms with Gasteiger partial charge in [0.05, 0.1) is 6.07 Å². The van der Waals surface area contributed by atoms with Crippen LogP contribution in [-0.2, 0) is 10.0 Å². The zero-order valence-electron chi connectivity index (χ0n) is 8.81. The van der Waals surface area contributed by atoms with Crippen LogP contribution >= 0.6 is 0 Å². The topological polar surface area (TPSA) is 82.8 Å². The van der Waals surface area contributed by atoms with Crippen molar-refractivity contribution in [3.63, 3.8) is 0 Å². The van der Waals surface area contributed by atoms with Gasteiger partial charge in [-0.15, -0.1) is 0 Å². The first-order valence-corrected chi connectivity index (χ1v) is 6.18. The van der Waals surface area contributed by atoms with Crippen molar-refractivity contribution in [2.24, 2.45) is 0 Å². The maximum atomic E-state index is 13.1. The summed E-state index contributed by atoms with van der Waals surface area (Å²) in [6, 6.07) is 3.29. The number of rotatable bonds is 4. The summed E-state index contributed by atoms with van der Waals surface area (Å²) in [4.78, 5) is 2.83. The molecule has 5 nitrogen and oxygen atoms in total. The van der Waals surface area contributed by atoms with Gasteiger partial charge < -0.3 is 0 Å². The van der Waals surface area contributed by atoms with E-state index in [2.05, 4.69) is 4.98 Å². The highest BCUT2D eigenvalue weighted by Crippen LogP contribution is 2.16. The smallest absolute Gasteiger partial charge is 0.249 e. The third-order valence-corrected chi connectivity index (χ3v) is 3.65. The molecule has 0 radical (unpaired) electrons. The summed E-state index contributed by atoms with van der Waals surface area (Å²) < 4.78 is 50.6. The molecule has 1 rings (SSSR count). The third-order valence-electron chi connectivity index (χ3n) is 1.96. The molecule has 1 N–H and O–H groups in total. The lowest BCUT2D eigenvalue weighted by atomic mass is 10.4. The molecule has 1 unspecified atom stereocenters. The van der Waals surface area contributed by atoms with Crippen LogP contribution in [0.15, 0.2) is 12.1 Å². The van der Waals surface area contributed by atoms with Gasteiger partial charge in [-0.1, -0.05) is 6.92 Å². The van der Waals surface area contributed by atoms with E-state index in [1.165, 1.54) is 6.92 Å². The highest BCUT2D eigenvalue weighted by atomic mass is 32.2. The number of nitrogens with zero attached hydrogens (tertiary/aromatic N) is 2. The Morgan fingerprint density at radius 3 is 2.65 bits per heavy atom. The molecule has 17 heavy (non-hydrogen) atoms. The Morgan fingerprint density at radius 2 is 2.18 bits per heavy atom. The third kappa shape index (κ3) is 3.10. The van der Waals surface area contributed by atoms with Crippen LogP contribution < -0.4 is 4.72 Å². The molecule has 0 saturated carbocycles. The van der Waals surface area contributed by atoms with Gasteiger partial charge in [0.25, 0.3) is 0 Å². The fourth-order valence-corrected chi connectivity index (χ4v) is 2.27. The highest BCUT2D eigenvalue weighted by Gasteiger charge is 2.24. The molecule has 0 spiro atoms. The minimum Gasteiger partial charge on any atom is -0.278 e. The molecular formula is C9H9F2N3O2S. The predicted octanol–water partition coefficient (Wildman–Crippen LogP) is 1.40. The van der Waals surface area contributed by atoms with Gasteiger partial charge >= 0.3 is 0 Å². The minimum absolute atomic E-state index is 0.0576. The number of pyridine rings is 1. The van der Waals surface area contributed by atoms with Gasteiger partial charge in [0.15, 0.2) is 5.25 Å². The normalized spacial score (nSPS) is 12.8. The Hall–Kier alpha value is -1.75. The van der Waals surface area contributed by atoms with Gasteiger partial charge in [-0.05, 0) is 18.6 Å². The van der Waals surface area contributed by atoms with Gasteiger partial charge in [-0.2, -0.15) is 19.0 Å². The Kier molecular flexibility index (Phi) is 3.96. The van der Waals surface area contributed by atoms with Crippen LogP contribution in [0.4, 0.5) is 14.5 Å². The maximum absolute atomic E-state index is 13.1. The van der Waals surface area contributed by atoms with E-state index in [9.17, 15) is 17.2 Å². The molecule has 0 bridgehead atoms. The van der Waals surface area contributed by atoms with Crippen molar-refractivity contribution in [2.75, 3.05) is 4.72 Å². The summed E-state index contributed by atoms with van der Waals surface area (Å²) >= 11 is 0. The van der Waals surface area contributed by atoms with Crippen LogP contribution in [0.1, 0.15) is 13.3 Å². The summed E-state index contributed by atoms with van der Waals surface area (Å²) in [5.74, 6) is -2.33. The van der Waals surface area contributed by atoms with Crippen molar-refractivity contribution in [1.29, 1.82) is 5.26 Å². The Labute approximate surface area is 97.1 Å². The second-order valence-electron chi connectivity index (χ2n) is 3.15. The molecular weight excluding hydrogens is 252 g/mol. The lowest BCUT2D eigenvalue weighted by Gasteiger charge is -2.11. The number of nitrogens with one attached hydrogen (secondary N) is 1. The average molecular weight is 261 g/mol. The van der Waals surface area contributed by atoms with Crippen LogP contribution in [-0.4, -0.2) is 18.7 Å². The number of hydrogen-bond donors (Lipinski definition) is 1.